The number of rotatable bonds is 16. The Bertz CT molecular complexity index is 396. The summed E-state index contributed by atoms with van der Waals surface area (Å²) in [7, 11) is 2.51. The third-order valence-electron chi connectivity index (χ3n) is 4.51. The first kappa shape index (κ1) is 33.1. The Morgan fingerprint density at radius 1 is 0.724 bits per heavy atom. The zero-order valence-corrected chi connectivity index (χ0v) is 20.8. The van der Waals surface area contributed by atoms with Crippen molar-refractivity contribution >= 4 is 55.8 Å². The summed E-state index contributed by atoms with van der Waals surface area (Å²) in [6.45, 7) is 2.15. The van der Waals surface area contributed by atoms with Crippen LogP contribution in [0.5, 0.6) is 0 Å². The number of unbranched alkanes of at least 4 members (excludes halogenated alkanes) is 9. The second-order valence-corrected chi connectivity index (χ2v) is 6.91. The molecule has 0 bridgehead atoms. The van der Waals surface area contributed by atoms with E-state index in [1.807, 2.05) is 0 Å². The fourth-order valence-corrected chi connectivity index (χ4v) is 2.82. The number of methoxy groups -OCH3 is 2. The number of ether oxygens (including phenoxy) is 2. The van der Waals surface area contributed by atoms with Gasteiger partial charge in [0, 0.05) is 11.9 Å². The van der Waals surface area contributed by atoms with Crippen LogP contribution in [-0.4, -0.2) is 70.1 Å². The zero-order chi connectivity index (χ0) is 21.6. The molecule has 0 aliphatic rings. The van der Waals surface area contributed by atoms with E-state index in [4.69, 9.17) is 0 Å². The van der Waals surface area contributed by atoms with Crippen molar-refractivity contribution in [2.24, 2.45) is 5.92 Å². The van der Waals surface area contributed by atoms with Crippen LogP contribution >= 0.6 is 0 Å². The summed E-state index contributed by atoms with van der Waals surface area (Å²) in [6, 6.07) is 0. The molecule has 0 saturated carbocycles. The van der Waals surface area contributed by atoms with Crippen LogP contribution in [0.4, 0.5) is 4.79 Å². The molecule has 166 valence electrons. The summed E-state index contributed by atoms with van der Waals surface area (Å²) in [5, 5.41) is 21.3. The number of carbonyl (C=O) groups excluding carboxylic acids is 3. The normalized spacial score (nSPS) is 10.7. The Morgan fingerprint density at radius 3 is 1.48 bits per heavy atom. The Balaban J connectivity index is -0.000000837. The monoisotopic (exact) mass is 442 g/mol. The molecule has 0 fully saturated rings. The van der Waals surface area contributed by atoms with E-state index in [-0.39, 0.29) is 50.1 Å². The van der Waals surface area contributed by atoms with E-state index >= 15 is 0 Å². The Kier molecular flexibility index (Phi) is 29.1. The van der Waals surface area contributed by atoms with Gasteiger partial charge in [-0.2, -0.15) is 0 Å². The maximum Gasteiger partial charge on any atom is 2.00 e. The Morgan fingerprint density at radius 2 is 1.14 bits per heavy atom. The molecule has 0 saturated heterocycles. The molecule has 0 aliphatic carbocycles. The smallest absolute Gasteiger partial charge is 0.550 e. The molecule has 0 amide bonds. The minimum atomic E-state index is -0.966. The van der Waals surface area contributed by atoms with Gasteiger partial charge in [0.15, 0.2) is 0 Å². The summed E-state index contributed by atoms with van der Waals surface area (Å²) in [6.07, 6.45) is 12.3. The summed E-state index contributed by atoms with van der Waals surface area (Å²) in [4.78, 5) is 31.1. The molecule has 0 heterocycles. The molecule has 1 atom stereocenters. The summed E-state index contributed by atoms with van der Waals surface area (Å²) >= 11 is 0. The van der Waals surface area contributed by atoms with Crippen molar-refractivity contribution in [2.75, 3.05) is 14.2 Å². The largest absolute Gasteiger partial charge is 2.00 e. The third-order valence-corrected chi connectivity index (χ3v) is 4.51. The second kappa shape index (κ2) is 25.5. The van der Waals surface area contributed by atoms with Crippen LogP contribution in [0.2, 0.25) is 0 Å². The molecular formula is C21H38CaO7. The van der Waals surface area contributed by atoms with Gasteiger partial charge in [-0.3, -0.25) is 0 Å². The van der Waals surface area contributed by atoms with E-state index in [1.54, 1.807) is 0 Å². The molecule has 29 heavy (non-hydrogen) atoms. The van der Waals surface area contributed by atoms with Gasteiger partial charge in [-0.25, -0.2) is 4.79 Å². The second-order valence-electron chi connectivity index (χ2n) is 6.91. The molecule has 1 unspecified atom stereocenters. The minimum Gasteiger partial charge on any atom is -0.550 e. The predicted octanol–water partition coefficient (Wildman–Crippen LogP) is 2.60. The van der Waals surface area contributed by atoms with Crippen LogP contribution in [0.25, 0.3) is 0 Å². The van der Waals surface area contributed by atoms with Crippen LogP contribution in [0.1, 0.15) is 96.8 Å². The average molecular weight is 443 g/mol. The van der Waals surface area contributed by atoms with Crippen molar-refractivity contribution in [1.29, 1.82) is 0 Å². The van der Waals surface area contributed by atoms with Crippen LogP contribution in [0.3, 0.4) is 0 Å². The van der Waals surface area contributed by atoms with E-state index in [9.17, 15) is 24.6 Å². The van der Waals surface area contributed by atoms with Crippen LogP contribution in [-0.2, 0) is 19.1 Å². The number of carboxylic acid groups (broad SMARTS) is 2. The van der Waals surface area contributed by atoms with Gasteiger partial charge >= 0.3 is 43.9 Å². The maximum absolute atomic E-state index is 11.1. The van der Waals surface area contributed by atoms with E-state index in [0.717, 1.165) is 64.2 Å². The van der Waals surface area contributed by atoms with Gasteiger partial charge in [-0.1, -0.05) is 71.1 Å². The molecule has 0 aliphatic heterocycles. The van der Waals surface area contributed by atoms with Gasteiger partial charge < -0.3 is 29.3 Å². The van der Waals surface area contributed by atoms with Gasteiger partial charge in [0.2, 0.25) is 0 Å². The van der Waals surface area contributed by atoms with Crippen LogP contribution in [0, 0.1) is 5.92 Å². The fourth-order valence-electron chi connectivity index (χ4n) is 2.82. The van der Waals surface area contributed by atoms with Gasteiger partial charge in [0.05, 0.1) is 14.2 Å². The standard InChI is InChI=1S/C18H34O4.C3H6O3.Ca/c1-2-3-4-10-13-16(18(21)22)14-11-8-6-5-7-9-12-15-17(19)20;1-5-3(4)6-2;/h16H,2-15H2,1H3,(H,19,20)(H,21,22);1-2H3;/q;;+2/p-2. The van der Waals surface area contributed by atoms with Crippen LogP contribution < -0.4 is 10.2 Å². The van der Waals surface area contributed by atoms with Crippen molar-refractivity contribution in [3.05, 3.63) is 0 Å². The van der Waals surface area contributed by atoms with E-state index < -0.39 is 18.1 Å². The van der Waals surface area contributed by atoms with Crippen LogP contribution in [0.15, 0.2) is 0 Å². The maximum atomic E-state index is 11.1. The fraction of sp³-hybridized carbons (Fsp3) is 0.857. The first-order chi connectivity index (χ1) is 13.4. The molecule has 0 spiro atoms. The van der Waals surface area contributed by atoms with Gasteiger partial charge in [-0.05, 0) is 31.6 Å². The first-order valence-corrected chi connectivity index (χ1v) is 10.4. The number of aliphatic carboxylic acids is 2. The van der Waals surface area contributed by atoms with Crippen molar-refractivity contribution in [3.8, 4) is 0 Å². The molecule has 0 aromatic rings. The van der Waals surface area contributed by atoms with Crippen molar-refractivity contribution in [2.45, 2.75) is 96.8 Å². The first-order valence-electron chi connectivity index (χ1n) is 10.4. The quantitative estimate of drug-likeness (QED) is 0.205. The van der Waals surface area contributed by atoms with E-state index in [1.165, 1.54) is 27.1 Å². The molecule has 0 N–H and O–H groups in total. The number of hydrogen-bond acceptors (Lipinski definition) is 7. The number of hydrogen-bond donors (Lipinski definition) is 0. The van der Waals surface area contributed by atoms with Crippen molar-refractivity contribution in [1.82, 2.24) is 0 Å². The minimum absolute atomic E-state index is 0. The number of carboxylic acids is 2. The zero-order valence-electron chi connectivity index (χ0n) is 18.5. The molecule has 0 aromatic heterocycles. The van der Waals surface area contributed by atoms with E-state index in [2.05, 4.69) is 16.4 Å². The van der Waals surface area contributed by atoms with Crippen molar-refractivity contribution < 1.29 is 34.1 Å². The molecule has 0 rings (SSSR count). The average Bonchev–Trinajstić information content (AvgIpc) is 2.67. The molecule has 0 aromatic carbocycles. The molecule has 7 nitrogen and oxygen atoms in total. The van der Waals surface area contributed by atoms with Gasteiger partial charge in [0.1, 0.15) is 0 Å². The SMILES string of the molecule is CCCCCCC(CCCCCCCCCC(=O)[O-])C(=O)[O-].COC(=O)OC.[Ca+2]. The topological polar surface area (TPSA) is 116 Å². The Labute approximate surface area is 205 Å². The van der Waals surface area contributed by atoms with Gasteiger partial charge in [0.25, 0.3) is 0 Å². The van der Waals surface area contributed by atoms with E-state index in [0.29, 0.717) is 6.42 Å². The van der Waals surface area contributed by atoms with Crippen molar-refractivity contribution in [3.63, 3.8) is 0 Å². The predicted molar refractivity (Wildman–Crippen MR) is 109 cm³/mol. The third kappa shape index (κ3) is 27.5. The van der Waals surface area contributed by atoms with Gasteiger partial charge in [-0.15, -0.1) is 0 Å². The summed E-state index contributed by atoms with van der Waals surface area (Å²) in [5.41, 5.74) is 0. The number of carbonyl (C=O) groups is 3. The summed E-state index contributed by atoms with van der Waals surface area (Å²) < 4.78 is 8.08. The molecule has 0 radical (unpaired) electrons. The summed E-state index contributed by atoms with van der Waals surface area (Å²) in [5.74, 6) is -2.13. The Hall–Kier alpha value is -0.530. The molecule has 8 heteroatoms. The molecular weight excluding hydrogens is 404 g/mol.